The van der Waals surface area contributed by atoms with Crippen LogP contribution in [0.25, 0.3) is 0 Å². The maximum Gasteiger partial charge on any atom is 0.302 e. The lowest BCUT2D eigenvalue weighted by atomic mass is 10.2. The molecule has 4 rings (SSSR count). The molecule has 1 aromatic rings. The molecule has 5 heteroatoms. The van der Waals surface area contributed by atoms with Crippen molar-refractivity contribution in [3.63, 3.8) is 0 Å². The van der Waals surface area contributed by atoms with Gasteiger partial charge < -0.3 is 9.47 Å². The van der Waals surface area contributed by atoms with E-state index < -0.39 is 0 Å². The Morgan fingerprint density at radius 2 is 2.10 bits per heavy atom. The van der Waals surface area contributed by atoms with E-state index in [0.717, 1.165) is 23.4 Å². The first-order chi connectivity index (χ1) is 10.3. The molecule has 0 spiro atoms. The molecule has 0 unspecified atom stereocenters. The van der Waals surface area contributed by atoms with Crippen molar-refractivity contribution in [1.82, 2.24) is 4.90 Å². The molecule has 0 saturated heterocycles. The van der Waals surface area contributed by atoms with Crippen LogP contribution < -0.4 is 4.74 Å². The number of Topliss-reactive ketones (excluding diaryl/α,β-unsaturated/α-hetero) is 1. The molecule has 21 heavy (non-hydrogen) atoms. The number of ether oxygens (including phenoxy) is 2. The summed E-state index contributed by atoms with van der Waals surface area (Å²) < 4.78 is 11.3. The summed E-state index contributed by atoms with van der Waals surface area (Å²) in [6, 6.07) is 10.0. The van der Waals surface area contributed by atoms with E-state index in [9.17, 15) is 4.79 Å². The van der Waals surface area contributed by atoms with Gasteiger partial charge in [0.15, 0.2) is 11.5 Å². The second-order valence-electron chi connectivity index (χ2n) is 5.14. The maximum atomic E-state index is 12.0. The first kappa shape index (κ1) is 12.2. The minimum absolute atomic E-state index is 0.169. The lowest BCUT2D eigenvalue weighted by molar-refractivity contribution is -0.115. The molecule has 0 fully saturated rings. The highest BCUT2D eigenvalue weighted by atomic mass is 16.5. The van der Waals surface area contributed by atoms with Gasteiger partial charge in [-0.3, -0.25) is 9.69 Å². The summed E-state index contributed by atoms with van der Waals surface area (Å²) in [5.41, 5.74) is 1.85. The standard InChI is InChI=1S/C16H14N2O3/c19-14-7-6-11-8-17-16-18(15(11)14)9-13(21-16)10-20-12-4-2-1-3-5-12/h1-5,9H,6-8,10H2. The van der Waals surface area contributed by atoms with Gasteiger partial charge in [-0.1, -0.05) is 18.2 Å². The van der Waals surface area contributed by atoms with Gasteiger partial charge in [-0.05, 0) is 24.1 Å². The quantitative estimate of drug-likeness (QED) is 0.853. The fourth-order valence-corrected chi connectivity index (χ4v) is 2.72. The first-order valence-electron chi connectivity index (χ1n) is 6.96. The fourth-order valence-electron chi connectivity index (χ4n) is 2.72. The number of hydrogen-bond acceptors (Lipinski definition) is 5. The van der Waals surface area contributed by atoms with E-state index in [1.165, 1.54) is 0 Å². The highest BCUT2D eigenvalue weighted by Crippen LogP contribution is 2.33. The minimum Gasteiger partial charge on any atom is -0.486 e. The number of amidine groups is 1. The largest absolute Gasteiger partial charge is 0.486 e. The van der Waals surface area contributed by atoms with Crippen LogP contribution in [0.3, 0.4) is 0 Å². The minimum atomic E-state index is 0.169. The Morgan fingerprint density at radius 1 is 1.24 bits per heavy atom. The number of aliphatic imine (C=N–C) groups is 1. The Bertz CT molecular complexity index is 689. The lowest BCUT2D eigenvalue weighted by Crippen LogP contribution is -2.29. The molecule has 1 aromatic carbocycles. The summed E-state index contributed by atoms with van der Waals surface area (Å²) in [6.45, 7) is 0.879. The van der Waals surface area contributed by atoms with Crippen molar-refractivity contribution in [3.05, 3.63) is 53.6 Å². The van der Waals surface area contributed by atoms with Crippen LogP contribution in [0.2, 0.25) is 0 Å². The van der Waals surface area contributed by atoms with Gasteiger partial charge in [0, 0.05) is 6.42 Å². The second kappa shape index (κ2) is 4.77. The van der Waals surface area contributed by atoms with E-state index in [0.29, 0.717) is 31.4 Å². The van der Waals surface area contributed by atoms with E-state index in [2.05, 4.69) is 4.99 Å². The average molecular weight is 282 g/mol. The number of hydrogen-bond donors (Lipinski definition) is 0. The van der Waals surface area contributed by atoms with Crippen LogP contribution in [0.5, 0.6) is 5.75 Å². The van der Waals surface area contributed by atoms with E-state index >= 15 is 0 Å². The number of para-hydroxylation sites is 1. The number of carbonyl (C=O) groups excluding carboxylic acids is 1. The van der Waals surface area contributed by atoms with Crippen LogP contribution in [-0.2, 0) is 9.53 Å². The van der Waals surface area contributed by atoms with Crippen molar-refractivity contribution in [3.8, 4) is 5.75 Å². The van der Waals surface area contributed by atoms with Gasteiger partial charge in [0.25, 0.3) is 0 Å². The van der Waals surface area contributed by atoms with Crippen LogP contribution in [0.15, 0.2) is 58.6 Å². The van der Waals surface area contributed by atoms with Gasteiger partial charge in [0.2, 0.25) is 0 Å². The summed E-state index contributed by atoms with van der Waals surface area (Å²) in [6.07, 6.45) is 3.19. The zero-order valence-electron chi connectivity index (χ0n) is 11.4. The monoisotopic (exact) mass is 282 g/mol. The van der Waals surface area contributed by atoms with Crippen LogP contribution in [-0.4, -0.2) is 29.9 Å². The molecule has 2 heterocycles. The molecule has 5 nitrogen and oxygen atoms in total. The van der Waals surface area contributed by atoms with Crippen LogP contribution in [0, 0.1) is 0 Å². The van der Waals surface area contributed by atoms with Crippen molar-refractivity contribution >= 4 is 11.8 Å². The molecule has 2 aliphatic heterocycles. The summed E-state index contributed by atoms with van der Waals surface area (Å²) in [5, 5.41) is 0. The third kappa shape index (κ3) is 2.11. The first-order valence-corrected chi connectivity index (χ1v) is 6.96. The highest BCUT2D eigenvalue weighted by molar-refractivity contribution is 6.03. The fraction of sp³-hybridized carbons (Fsp3) is 0.250. The average Bonchev–Trinajstić information content (AvgIpc) is 3.09. The Hall–Kier alpha value is -2.56. The Balaban J connectivity index is 1.51. The molecule has 0 saturated carbocycles. The Kier molecular flexibility index (Phi) is 2.77. The number of ketones is 1. The van der Waals surface area contributed by atoms with Gasteiger partial charge in [0.1, 0.15) is 12.4 Å². The number of nitrogens with zero attached hydrogens (tertiary/aromatic N) is 2. The Labute approximate surface area is 122 Å². The van der Waals surface area contributed by atoms with E-state index in [-0.39, 0.29) is 5.78 Å². The predicted octanol–water partition coefficient (Wildman–Crippen LogP) is 2.23. The van der Waals surface area contributed by atoms with Crippen molar-refractivity contribution in [1.29, 1.82) is 0 Å². The zero-order valence-corrected chi connectivity index (χ0v) is 11.4. The van der Waals surface area contributed by atoms with E-state index in [4.69, 9.17) is 9.47 Å². The van der Waals surface area contributed by atoms with Gasteiger partial charge >= 0.3 is 6.02 Å². The van der Waals surface area contributed by atoms with Gasteiger partial charge in [0.05, 0.1) is 18.4 Å². The van der Waals surface area contributed by atoms with Crippen molar-refractivity contribution in [2.45, 2.75) is 12.8 Å². The molecule has 3 aliphatic rings. The molecule has 0 radical (unpaired) electrons. The number of allylic oxidation sites excluding steroid dienone is 1. The molecule has 106 valence electrons. The van der Waals surface area contributed by atoms with Gasteiger partial charge in [-0.25, -0.2) is 4.99 Å². The van der Waals surface area contributed by atoms with Crippen molar-refractivity contribution in [2.75, 3.05) is 13.2 Å². The molecular weight excluding hydrogens is 268 g/mol. The number of fused-ring (bicyclic) bond motifs is 2. The topological polar surface area (TPSA) is 51.1 Å². The molecular formula is C16H14N2O3. The van der Waals surface area contributed by atoms with Crippen LogP contribution in [0.4, 0.5) is 0 Å². The van der Waals surface area contributed by atoms with Crippen LogP contribution >= 0.6 is 0 Å². The maximum absolute atomic E-state index is 12.0. The van der Waals surface area contributed by atoms with Crippen molar-refractivity contribution in [2.24, 2.45) is 4.99 Å². The van der Waals surface area contributed by atoms with Crippen molar-refractivity contribution < 1.29 is 14.3 Å². The normalized spacial score (nSPS) is 19.8. The lowest BCUT2D eigenvalue weighted by Gasteiger charge is -2.20. The third-order valence-corrected chi connectivity index (χ3v) is 3.72. The molecule has 0 atom stereocenters. The zero-order chi connectivity index (χ0) is 14.2. The molecule has 0 aromatic heterocycles. The van der Waals surface area contributed by atoms with Gasteiger partial charge in [-0.2, -0.15) is 0 Å². The molecule has 0 bridgehead atoms. The molecule has 0 N–H and O–H groups in total. The smallest absolute Gasteiger partial charge is 0.302 e. The van der Waals surface area contributed by atoms with Gasteiger partial charge in [-0.15, -0.1) is 0 Å². The Morgan fingerprint density at radius 3 is 2.95 bits per heavy atom. The second-order valence-corrected chi connectivity index (χ2v) is 5.14. The third-order valence-electron chi connectivity index (χ3n) is 3.72. The number of benzene rings is 1. The summed E-state index contributed by atoms with van der Waals surface area (Å²) in [4.78, 5) is 18.1. The summed E-state index contributed by atoms with van der Waals surface area (Å²) in [7, 11) is 0. The number of carbonyl (C=O) groups is 1. The van der Waals surface area contributed by atoms with E-state index in [1.54, 1.807) is 11.1 Å². The number of rotatable bonds is 3. The molecule has 1 aliphatic carbocycles. The molecule has 0 amide bonds. The SMILES string of the molecule is O=C1CCC2=C1N1C=C(COc3ccccc3)OC1=NC2. The predicted molar refractivity (Wildman–Crippen MR) is 76.5 cm³/mol. The van der Waals surface area contributed by atoms with E-state index in [1.807, 2.05) is 30.3 Å². The summed E-state index contributed by atoms with van der Waals surface area (Å²) >= 11 is 0. The highest BCUT2D eigenvalue weighted by Gasteiger charge is 2.36. The summed E-state index contributed by atoms with van der Waals surface area (Å²) in [5.74, 6) is 1.61. The van der Waals surface area contributed by atoms with Crippen LogP contribution in [0.1, 0.15) is 12.8 Å².